The number of fused-ring (bicyclic) bond motifs is 5. The van der Waals surface area contributed by atoms with Crippen molar-refractivity contribution in [3.8, 4) is 22.9 Å². The van der Waals surface area contributed by atoms with Gasteiger partial charge < -0.3 is 24.3 Å². The van der Waals surface area contributed by atoms with E-state index >= 15 is 0 Å². The lowest BCUT2D eigenvalue weighted by molar-refractivity contribution is -0.699. The van der Waals surface area contributed by atoms with Crippen molar-refractivity contribution in [1.82, 2.24) is 9.55 Å². The molecule has 1 aromatic carbocycles. The first-order valence-corrected chi connectivity index (χ1v) is 11.8. The lowest BCUT2D eigenvalue weighted by atomic mass is 9.86. The number of aliphatic hydroxyl groups is 1. The van der Waals surface area contributed by atoms with Gasteiger partial charge in [-0.25, -0.2) is 14.3 Å². The van der Waals surface area contributed by atoms with Crippen molar-refractivity contribution in [2.75, 3.05) is 6.61 Å². The number of pyridine rings is 3. The minimum atomic E-state index is -1.85. The maximum Gasteiger partial charge on any atom is 0.343 e. The molecule has 6 rings (SSSR count). The van der Waals surface area contributed by atoms with Crippen LogP contribution in [0, 0.1) is 0 Å². The number of carbonyl (C=O) groups excluding carboxylic acids is 1. The Balaban J connectivity index is 1.32. The minimum Gasteiger partial charge on any atom is -0.868 e. The molecule has 0 amide bonds. The van der Waals surface area contributed by atoms with Crippen LogP contribution < -0.4 is 20.0 Å². The van der Waals surface area contributed by atoms with Crippen LogP contribution in [0.1, 0.15) is 30.0 Å². The summed E-state index contributed by atoms with van der Waals surface area (Å²) in [6, 6.07) is 12.5. The van der Waals surface area contributed by atoms with Gasteiger partial charge in [-0.15, -0.1) is 0 Å². The summed E-state index contributed by atoms with van der Waals surface area (Å²) in [5.74, 6) is -0.115. The predicted octanol–water partition coefficient (Wildman–Crippen LogP) is 1.52. The Morgan fingerprint density at radius 2 is 2.11 bits per heavy atom. The van der Waals surface area contributed by atoms with Gasteiger partial charge in [0, 0.05) is 22.6 Å². The summed E-state index contributed by atoms with van der Waals surface area (Å²) >= 11 is 0. The summed E-state index contributed by atoms with van der Waals surface area (Å²) in [6.07, 6.45) is 3.44. The van der Waals surface area contributed by atoms with Gasteiger partial charge in [-0.05, 0) is 42.5 Å². The van der Waals surface area contributed by atoms with Crippen LogP contribution >= 0.6 is 0 Å². The van der Waals surface area contributed by atoms with E-state index in [9.17, 15) is 19.8 Å². The Morgan fingerprint density at radius 1 is 1.25 bits per heavy atom. The average Bonchev–Trinajstić information content (AvgIpc) is 3.23. The number of hydrogen-bond donors (Lipinski definition) is 1. The summed E-state index contributed by atoms with van der Waals surface area (Å²) in [5, 5.41) is 23.3. The van der Waals surface area contributed by atoms with Crippen LogP contribution in [0.3, 0.4) is 0 Å². The molecule has 3 aromatic heterocycles. The van der Waals surface area contributed by atoms with Crippen molar-refractivity contribution >= 4 is 16.9 Å². The molecule has 0 saturated heterocycles. The fraction of sp³-hybridized carbons (Fsp3) is 0.259. The summed E-state index contributed by atoms with van der Waals surface area (Å²) in [7, 11) is 0. The number of aromatic nitrogens is 3. The van der Waals surface area contributed by atoms with Crippen molar-refractivity contribution in [3.63, 3.8) is 0 Å². The van der Waals surface area contributed by atoms with Crippen molar-refractivity contribution in [2.45, 2.75) is 38.6 Å². The second-order valence-electron chi connectivity index (χ2n) is 9.08. The third kappa shape index (κ3) is 3.43. The van der Waals surface area contributed by atoms with Crippen molar-refractivity contribution < 1.29 is 29.0 Å². The van der Waals surface area contributed by atoms with Crippen molar-refractivity contribution in [2.24, 2.45) is 0 Å². The highest BCUT2D eigenvalue weighted by atomic mass is 16.6. The number of ether oxygens (including phenoxy) is 2. The van der Waals surface area contributed by atoms with E-state index in [1.165, 1.54) is 12.3 Å². The van der Waals surface area contributed by atoms with Crippen LogP contribution in [0.4, 0.5) is 0 Å². The highest BCUT2D eigenvalue weighted by Crippen LogP contribution is 2.38. The monoisotopic (exact) mass is 485 g/mol. The van der Waals surface area contributed by atoms with Gasteiger partial charge in [-0.2, -0.15) is 0 Å². The third-order valence-corrected chi connectivity index (χ3v) is 6.93. The number of nitrogens with zero attached hydrogens (tertiary/aromatic N) is 3. The Bertz CT molecular complexity index is 1610. The molecular weight excluding hydrogens is 462 g/mol. The summed E-state index contributed by atoms with van der Waals surface area (Å²) in [5.41, 5.74) is 1.31. The zero-order valence-corrected chi connectivity index (χ0v) is 19.6. The number of hydrogen-bond acceptors (Lipinski definition) is 7. The molecule has 0 unspecified atom stereocenters. The molecule has 9 nitrogen and oxygen atoms in total. The molecule has 9 heteroatoms. The van der Waals surface area contributed by atoms with Gasteiger partial charge in [0.05, 0.1) is 29.0 Å². The zero-order chi connectivity index (χ0) is 25.0. The Kier molecular flexibility index (Phi) is 5.04. The van der Waals surface area contributed by atoms with Gasteiger partial charge in [0.2, 0.25) is 0 Å². The summed E-state index contributed by atoms with van der Waals surface area (Å²) in [6.45, 7) is 2.80. The first-order chi connectivity index (χ1) is 17.4. The first kappa shape index (κ1) is 22.2. The van der Waals surface area contributed by atoms with Crippen LogP contribution in [0.5, 0.6) is 11.5 Å². The Labute approximate surface area is 205 Å². The summed E-state index contributed by atoms with van der Waals surface area (Å²) in [4.78, 5) is 30.4. The number of carbonyl (C=O) groups is 1. The topological polar surface area (TPSA) is 118 Å². The number of esters is 1. The van der Waals surface area contributed by atoms with Crippen LogP contribution in [-0.4, -0.2) is 27.2 Å². The van der Waals surface area contributed by atoms with Crippen molar-refractivity contribution in [1.29, 1.82) is 0 Å². The van der Waals surface area contributed by atoms with E-state index in [0.29, 0.717) is 48.0 Å². The summed E-state index contributed by atoms with van der Waals surface area (Å²) < 4.78 is 14.4. The smallest absolute Gasteiger partial charge is 0.343 e. The molecule has 182 valence electrons. The quantitative estimate of drug-likeness (QED) is 0.296. The second kappa shape index (κ2) is 8.17. The third-order valence-electron chi connectivity index (χ3n) is 6.93. The molecule has 2 aliphatic rings. The molecule has 0 saturated carbocycles. The van der Waals surface area contributed by atoms with E-state index < -0.39 is 11.6 Å². The molecule has 1 atom stereocenters. The fourth-order valence-corrected chi connectivity index (χ4v) is 4.96. The SMILES string of the molecule is CC[C@@]1(O)C(=O)OCc2c1cc1n(c2=O)Cc2cc3cc(OCC[n+]4cccc([O-])c4)ccc3nc2-1. The van der Waals surface area contributed by atoms with E-state index in [-0.39, 0.29) is 24.3 Å². The van der Waals surface area contributed by atoms with E-state index in [4.69, 9.17) is 14.5 Å². The van der Waals surface area contributed by atoms with Gasteiger partial charge in [-0.1, -0.05) is 13.0 Å². The van der Waals surface area contributed by atoms with E-state index in [1.807, 2.05) is 30.5 Å². The molecule has 36 heavy (non-hydrogen) atoms. The standard InChI is InChI=1S/C27H23N3O6/c1-2-27(34)21-12-23-24-17(13-30(23)25(32)20(21)15-36-26(27)33)10-16-11-19(5-6-22(16)28-24)35-9-8-29-7-3-4-18(31)14-29/h3-7,10-12,14,34H,2,8-9,13,15H2,1H3/t27-/m0/s1. The number of cyclic esters (lactones) is 1. The molecule has 5 heterocycles. The van der Waals surface area contributed by atoms with Crippen LogP contribution in [-0.2, 0) is 34.8 Å². The molecule has 1 N–H and O–H groups in total. The number of benzene rings is 1. The van der Waals surface area contributed by atoms with Crippen LogP contribution in [0.25, 0.3) is 22.3 Å². The lowest BCUT2D eigenvalue weighted by Crippen LogP contribution is -2.44. The fourth-order valence-electron chi connectivity index (χ4n) is 4.96. The van der Waals surface area contributed by atoms with E-state index in [2.05, 4.69) is 0 Å². The molecule has 4 aromatic rings. The molecule has 2 aliphatic heterocycles. The van der Waals surface area contributed by atoms with Crippen molar-refractivity contribution in [3.05, 3.63) is 81.9 Å². The van der Waals surface area contributed by atoms with Crippen LogP contribution in [0.2, 0.25) is 0 Å². The van der Waals surface area contributed by atoms with Gasteiger partial charge >= 0.3 is 5.97 Å². The number of rotatable bonds is 5. The normalized spacial score (nSPS) is 17.9. The Morgan fingerprint density at radius 3 is 2.92 bits per heavy atom. The largest absolute Gasteiger partial charge is 0.868 e. The molecule has 0 radical (unpaired) electrons. The average molecular weight is 485 g/mol. The molecule has 0 fully saturated rings. The highest BCUT2D eigenvalue weighted by Gasteiger charge is 2.45. The molecule has 0 spiro atoms. The van der Waals surface area contributed by atoms with Gasteiger partial charge in [0.1, 0.15) is 19.0 Å². The molecule has 0 bridgehead atoms. The van der Waals surface area contributed by atoms with Crippen LogP contribution in [0.15, 0.2) is 59.7 Å². The second-order valence-corrected chi connectivity index (χ2v) is 9.08. The van der Waals surface area contributed by atoms with E-state index in [0.717, 1.165) is 16.5 Å². The maximum atomic E-state index is 13.3. The highest BCUT2D eigenvalue weighted by molar-refractivity contribution is 5.87. The minimum absolute atomic E-state index is 0.0532. The predicted molar refractivity (Wildman–Crippen MR) is 126 cm³/mol. The maximum absolute atomic E-state index is 13.3. The first-order valence-electron chi connectivity index (χ1n) is 11.8. The Hall–Kier alpha value is -4.24. The lowest BCUT2D eigenvalue weighted by Gasteiger charge is -2.31. The molecule has 0 aliphatic carbocycles. The van der Waals surface area contributed by atoms with Gasteiger partial charge in [-0.3, -0.25) is 4.79 Å². The molecular formula is C27H23N3O6. The van der Waals surface area contributed by atoms with E-state index in [1.54, 1.807) is 28.2 Å². The zero-order valence-electron chi connectivity index (χ0n) is 19.6. The van der Waals surface area contributed by atoms with Gasteiger partial charge in [0.25, 0.3) is 5.56 Å². The van der Waals surface area contributed by atoms with Gasteiger partial charge in [0.15, 0.2) is 24.5 Å².